The molecular weight excluding hydrogens is 270 g/mol. The Hall–Kier alpha value is -1.96. The van der Waals surface area contributed by atoms with Crippen molar-refractivity contribution in [2.75, 3.05) is 5.73 Å². The minimum Gasteiger partial charge on any atom is -0.483 e. The minimum absolute atomic E-state index is 0.0819. The summed E-state index contributed by atoms with van der Waals surface area (Å²) < 4.78 is 6.22. The smallest absolute Gasteiger partial charge is 0.147 e. The van der Waals surface area contributed by atoms with Crippen molar-refractivity contribution in [1.29, 1.82) is 0 Å². The van der Waals surface area contributed by atoms with E-state index in [0.717, 1.165) is 23.4 Å². The quantitative estimate of drug-likeness (QED) is 0.792. The number of hydrogen-bond acceptors (Lipinski definition) is 2. The summed E-state index contributed by atoms with van der Waals surface area (Å²) in [5, 5.41) is 0. The van der Waals surface area contributed by atoms with Gasteiger partial charge in [0.1, 0.15) is 11.9 Å². The number of hydrogen-bond donors (Lipinski definition) is 1. The van der Waals surface area contributed by atoms with Crippen LogP contribution >= 0.6 is 0 Å². The molecule has 0 spiro atoms. The molecule has 0 bridgehead atoms. The van der Waals surface area contributed by atoms with Crippen LogP contribution < -0.4 is 10.5 Å². The third kappa shape index (κ3) is 2.27. The standard InChI is InChI=1S/C20H25NO/c1-11(2)15-6-8-16(9-7-15)18-10-17-13(4)12(3)14(5)19(21)20(17)22-18/h6-9,11,18H,10,21H2,1-5H3. The molecule has 0 saturated heterocycles. The predicted octanol–water partition coefficient (Wildman–Crippen LogP) is 4.99. The van der Waals surface area contributed by atoms with E-state index in [1.165, 1.54) is 27.8 Å². The van der Waals surface area contributed by atoms with Crippen LogP contribution in [0.3, 0.4) is 0 Å². The lowest BCUT2D eigenvalue weighted by Gasteiger charge is -2.15. The minimum atomic E-state index is 0.0819. The van der Waals surface area contributed by atoms with Crippen LogP contribution in [0.5, 0.6) is 5.75 Å². The average Bonchev–Trinajstić information content (AvgIpc) is 2.96. The number of nitrogen functional groups attached to an aromatic ring is 1. The molecule has 2 heteroatoms. The second-order valence-corrected chi connectivity index (χ2v) is 6.73. The normalized spacial score (nSPS) is 16.7. The zero-order chi connectivity index (χ0) is 16.0. The van der Waals surface area contributed by atoms with E-state index < -0.39 is 0 Å². The molecule has 1 heterocycles. The van der Waals surface area contributed by atoms with Gasteiger partial charge in [-0.2, -0.15) is 0 Å². The van der Waals surface area contributed by atoms with Crippen molar-refractivity contribution in [3.8, 4) is 5.75 Å². The summed E-state index contributed by atoms with van der Waals surface area (Å²) in [5.41, 5.74) is 14.7. The van der Waals surface area contributed by atoms with E-state index >= 15 is 0 Å². The van der Waals surface area contributed by atoms with E-state index in [1.54, 1.807) is 0 Å². The molecule has 0 aromatic heterocycles. The molecule has 0 amide bonds. The highest BCUT2D eigenvalue weighted by atomic mass is 16.5. The maximum absolute atomic E-state index is 6.28. The Morgan fingerprint density at radius 3 is 2.23 bits per heavy atom. The summed E-state index contributed by atoms with van der Waals surface area (Å²) >= 11 is 0. The Kier molecular flexibility index (Phi) is 3.64. The van der Waals surface area contributed by atoms with Crippen LogP contribution in [0.4, 0.5) is 5.69 Å². The van der Waals surface area contributed by atoms with Gasteiger partial charge in [-0.3, -0.25) is 0 Å². The Morgan fingerprint density at radius 2 is 1.64 bits per heavy atom. The fraction of sp³-hybridized carbons (Fsp3) is 0.400. The number of rotatable bonds is 2. The van der Waals surface area contributed by atoms with Crippen molar-refractivity contribution in [2.24, 2.45) is 0 Å². The summed E-state index contributed by atoms with van der Waals surface area (Å²) in [6.45, 7) is 10.8. The van der Waals surface area contributed by atoms with Crippen LogP contribution in [0.15, 0.2) is 24.3 Å². The molecule has 2 aromatic rings. The van der Waals surface area contributed by atoms with E-state index in [2.05, 4.69) is 58.9 Å². The van der Waals surface area contributed by atoms with Gasteiger partial charge in [0.15, 0.2) is 0 Å². The Balaban J connectivity index is 1.94. The first-order chi connectivity index (χ1) is 10.4. The van der Waals surface area contributed by atoms with Gasteiger partial charge >= 0.3 is 0 Å². The highest BCUT2D eigenvalue weighted by Gasteiger charge is 2.29. The molecule has 3 rings (SSSR count). The lowest BCUT2D eigenvalue weighted by molar-refractivity contribution is 0.240. The van der Waals surface area contributed by atoms with Crippen molar-refractivity contribution in [2.45, 2.75) is 53.1 Å². The van der Waals surface area contributed by atoms with E-state index in [0.29, 0.717) is 5.92 Å². The van der Waals surface area contributed by atoms with Gasteiger partial charge in [-0.25, -0.2) is 0 Å². The van der Waals surface area contributed by atoms with Crippen LogP contribution in [-0.2, 0) is 6.42 Å². The second kappa shape index (κ2) is 5.35. The maximum atomic E-state index is 6.28. The molecule has 0 fully saturated rings. The fourth-order valence-electron chi connectivity index (χ4n) is 3.24. The third-order valence-electron chi connectivity index (χ3n) is 5.12. The summed E-state index contributed by atoms with van der Waals surface area (Å²) in [4.78, 5) is 0. The molecule has 1 aliphatic heterocycles. The second-order valence-electron chi connectivity index (χ2n) is 6.73. The van der Waals surface area contributed by atoms with Crippen LogP contribution in [0.1, 0.15) is 59.3 Å². The fourth-order valence-corrected chi connectivity index (χ4v) is 3.24. The zero-order valence-corrected chi connectivity index (χ0v) is 14.2. The molecule has 1 atom stereocenters. The van der Waals surface area contributed by atoms with Crippen LogP contribution in [0.25, 0.3) is 0 Å². The van der Waals surface area contributed by atoms with Gasteiger partial charge in [0.25, 0.3) is 0 Å². The van der Waals surface area contributed by atoms with Crippen LogP contribution in [0, 0.1) is 20.8 Å². The van der Waals surface area contributed by atoms with E-state index in [1.807, 2.05) is 0 Å². The van der Waals surface area contributed by atoms with Gasteiger partial charge < -0.3 is 10.5 Å². The van der Waals surface area contributed by atoms with Crippen molar-refractivity contribution >= 4 is 5.69 Å². The highest BCUT2D eigenvalue weighted by Crippen LogP contribution is 2.45. The molecule has 0 aliphatic carbocycles. The molecule has 0 saturated carbocycles. The summed E-state index contributed by atoms with van der Waals surface area (Å²) in [7, 11) is 0. The highest BCUT2D eigenvalue weighted by molar-refractivity contribution is 5.68. The average molecular weight is 295 g/mol. The first kappa shape index (κ1) is 15.0. The van der Waals surface area contributed by atoms with Crippen LogP contribution in [0.2, 0.25) is 0 Å². The van der Waals surface area contributed by atoms with Crippen molar-refractivity contribution in [1.82, 2.24) is 0 Å². The third-order valence-corrected chi connectivity index (χ3v) is 5.12. The molecule has 22 heavy (non-hydrogen) atoms. The largest absolute Gasteiger partial charge is 0.483 e. The van der Waals surface area contributed by atoms with Gasteiger partial charge in [-0.05, 0) is 54.5 Å². The Labute approximate surface area is 133 Å². The van der Waals surface area contributed by atoms with Crippen molar-refractivity contribution < 1.29 is 4.74 Å². The van der Waals surface area contributed by atoms with E-state index in [-0.39, 0.29) is 6.10 Å². The Morgan fingerprint density at radius 1 is 1.00 bits per heavy atom. The SMILES string of the molecule is Cc1c(C)c(N)c2c(c1C)CC(c1ccc(C(C)C)cc1)O2. The van der Waals surface area contributed by atoms with Gasteiger partial charge in [0.05, 0.1) is 5.69 Å². The summed E-state index contributed by atoms with van der Waals surface area (Å²) in [6.07, 6.45) is 0.992. The van der Waals surface area contributed by atoms with Gasteiger partial charge in [-0.1, -0.05) is 38.1 Å². The molecule has 1 unspecified atom stereocenters. The summed E-state index contributed by atoms with van der Waals surface area (Å²) in [6, 6.07) is 8.80. The van der Waals surface area contributed by atoms with Gasteiger partial charge in [-0.15, -0.1) is 0 Å². The molecule has 116 valence electrons. The summed E-state index contributed by atoms with van der Waals surface area (Å²) in [5.74, 6) is 1.46. The molecular formula is C20H25NO. The Bertz CT molecular complexity index is 677. The number of nitrogens with two attached hydrogens (primary N) is 1. The molecule has 0 radical (unpaired) electrons. The number of anilines is 1. The molecule has 2 nitrogen and oxygen atoms in total. The number of fused-ring (bicyclic) bond motifs is 1. The van der Waals surface area contributed by atoms with Gasteiger partial charge in [0.2, 0.25) is 0 Å². The lowest BCUT2D eigenvalue weighted by atomic mass is 9.93. The van der Waals surface area contributed by atoms with Gasteiger partial charge in [0, 0.05) is 12.0 Å². The van der Waals surface area contributed by atoms with Crippen molar-refractivity contribution in [3.63, 3.8) is 0 Å². The van der Waals surface area contributed by atoms with Crippen LogP contribution in [-0.4, -0.2) is 0 Å². The monoisotopic (exact) mass is 295 g/mol. The first-order valence-electron chi connectivity index (χ1n) is 8.04. The lowest BCUT2D eigenvalue weighted by Crippen LogP contribution is -2.04. The maximum Gasteiger partial charge on any atom is 0.147 e. The van der Waals surface area contributed by atoms with Crippen molar-refractivity contribution in [3.05, 3.63) is 57.6 Å². The predicted molar refractivity (Wildman–Crippen MR) is 92.7 cm³/mol. The molecule has 1 aliphatic rings. The molecule has 2 N–H and O–H groups in total. The molecule has 2 aromatic carbocycles. The van der Waals surface area contributed by atoms with E-state index in [9.17, 15) is 0 Å². The number of benzene rings is 2. The topological polar surface area (TPSA) is 35.2 Å². The zero-order valence-electron chi connectivity index (χ0n) is 14.2. The first-order valence-corrected chi connectivity index (χ1v) is 8.04. The number of ether oxygens (including phenoxy) is 1. The van der Waals surface area contributed by atoms with E-state index in [4.69, 9.17) is 10.5 Å².